The van der Waals surface area contributed by atoms with E-state index in [-0.39, 0.29) is 0 Å². The SMILES string of the molecule is O=CNc1cccc(OCCN2CCOCC2)c1. The average molecular weight is 250 g/mol. The standard InChI is InChI=1S/C13H18N2O3/c16-11-14-12-2-1-3-13(10-12)18-9-6-15-4-7-17-8-5-15/h1-3,10-11H,4-9H2,(H,14,16). The number of benzene rings is 1. The zero-order chi connectivity index (χ0) is 12.6. The maximum Gasteiger partial charge on any atom is 0.211 e. The van der Waals surface area contributed by atoms with Crippen LogP contribution in [0.1, 0.15) is 0 Å². The highest BCUT2D eigenvalue weighted by Gasteiger charge is 2.09. The zero-order valence-corrected chi connectivity index (χ0v) is 10.3. The number of nitrogens with one attached hydrogen (secondary N) is 1. The number of carbonyl (C=O) groups excluding carboxylic acids is 1. The van der Waals surface area contributed by atoms with Crippen LogP contribution in [-0.4, -0.2) is 50.8 Å². The van der Waals surface area contributed by atoms with Gasteiger partial charge in [0.1, 0.15) is 12.4 Å². The van der Waals surface area contributed by atoms with Gasteiger partial charge in [-0.1, -0.05) is 6.07 Å². The summed E-state index contributed by atoms with van der Waals surface area (Å²) in [5.74, 6) is 0.773. The molecule has 0 bridgehead atoms. The second-order valence-corrected chi connectivity index (χ2v) is 4.09. The van der Waals surface area contributed by atoms with Crippen LogP contribution in [0.2, 0.25) is 0 Å². The van der Waals surface area contributed by atoms with Gasteiger partial charge in [0, 0.05) is 31.4 Å². The smallest absolute Gasteiger partial charge is 0.211 e. The van der Waals surface area contributed by atoms with E-state index in [1.54, 1.807) is 0 Å². The summed E-state index contributed by atoms with van der Waals surface area (Å²) in [4.78, 5) is 12.7. The Hall–Kier alpha value is -1.59. The van der Waals surface area contributed by atoms with Gasteiger partial charge in [0.15, 0.2) is 0 Å². The van der Waals surface area contributed by atoms with E-state index in [2.05, 4.69) is 10.2 Å². The lowest BCUT2D eigenvalue weighted by molar-refractivity contribution is -0.105. The van der Waals surface area contributed by atoms with E-state index in [0.29, 0.717) is 13.0 Å². The minimum Gasteiger partial charge on any atom is -0.492 e. The normalized spacial score (nSPS) is 16.2. The van der Waals surface area contributed by atoms with Gasteiger partial charge in [-0.15, -0.1) is 0 Å². The van der Waals surface area contributed by atoms with Gasteiger partial charge >= 0.3 is 0 Å². The van der Waals surface area contributed by atoms with Crippen LogP contribution in [0.25, 0.3) is 0 Å². The van der Waals surface area contributed by atoms with Crippen LogP contribution in [0.3, 0.4) is 0 Å². The lowest BCUT2D eigenvalue weighted by atomic mass is 10.3. The average Bonchev–Trinajstić information content (AvgIpc) is 2.41. The summed E-state index contributed by atoms with van der Waals surface area (Å²) in [6.07, 6.45) is 0.660. The van der Waals surface area contributed by atoms with Gasteiger partial charge in [-0.2, -0.15) is 0 Å². The lowest BCUT2D eigenvalue weighted by Crippen LogP contribution is -2.38. The molecule has 0 radical (unpaired) electrons. The first-order valence-corrected chi connectivity index (χ1v) is 6.11. The highest BCUT2D eigenvalue weighted by molar-refractivity contribution is 5.71. The molecule has 0 saturated carbocycles. The largest absolute Gasteiger partial charge is 0.492 e. The van der Waals surface area contributed by atoms with Gasteiger partial charge < -0.3 is 14.8 Å². The topological polar surface area (TPSA) is 50.8 Å². The Morgan fingerprint density at radius 1 is 1.39 bits per heavy atom. The van der Waals surface area contributed by atoms with Crippen LogP contribution in [0.4, 0.5) is 5.69 Å². The lowest BCUT2D eigenvalue weighted by Gasteiger charge is -2.26. The van der Waals surface area contributed by atoms with Crippen molar-refractivity contribution < 1.29 is 14.3 Å². The number of hydrogen-bond acceptors (Lipinski definition) is 4. The summed E-state index contributed by atoms with van der Waals surface area (Å²) >= 11 is 0. The molecule has 1 saturated heterocycles. The van der Waals surface area contributed by atoms with Crippen molar-refractivity contribution in [1.82, 2.24) is 4.90 Å². The van der Waals surface area contributed by atoms with E-state index in [4.69, 9.17) is 9.47 Å². The Bertz CT molecular complexity index is 378. The highest BCUT2D eigenvalue weighted by Crippen LogP contribution is 2.16. The summed E-state index contributed by atoms with van der Waals surface area (Å²) in [5, 5.41) is 2.60. The van der Waals surface area contributed by atoms with Gasteiger partial charge in [0.2, 0.25) is 6.41 Å². The molecule has 1 amide bonds. The molecule has 1 N–H and O–H groups in total. The summed E-state index contributed by atoms with van der Waals surface area (Å²) in [6, 6.07) is 7.38. The van der Waals surface area contributed by atoms with Crippen LogP contribution in [-0.2, 0) is 9.53 Å². The minimum atomic E-state index is 0.643. The van der Waals surface area contributed by atoms with Crippen molar-refractivity contribution in [3.63, 3.8) is 0 Å². The molecule has 5 nitrogen and oxygen atoms in total. The number of morpholine rings is 1. The molecule has 0 aliphatic carbocycles. The first-order valence-electron chi connectivity index (χ1n) is 6.11. The Kier molecular flexibility index (Phi) is 4.99. The molecule has 1 fully saturated rings. The fourth-order valence-corrected chi connectivity index (χ4v) is 1.86. The molecular formula is C13H18N2O3. The second-order valence-electron chi connectivity index (χ2n) is 4.09. The van der Waals surface area contributed by atoms with E-state index in [1.807, 2.05) is 24.3 Å². The monoisotopic (exact) mass is 250 g/mol. The molecule has 0 aromatic heterocycles. The zero-order valence-electron chi connectivity index (χ0n) is 10.3. The van der Waals surface area contributed by atoms with Crippen molar-refractivity contribution in [3.05, 3.63) is 24.3 Å². The molecule has 0 unspecified atom stereocenters. The molecule has 98 valence electrons. The number of nitrogens with zero attached hydrogens (tertiary/aromatic N) is 1. The summed E-state index contributed by atoms with van der Waals surface area (Å²) in [7, 11) is 0. The van der Waals surface area contributed by atoms with Gasteiger partial charge in [-0.25, -0.2) is 0 Å². The van der Waals surface area contributed by atoms with E-state index in [1.165, 1.54) is 0 Å². The Balaban J connectivity index is 1.75. The fraction of sp³-hybridized carbons (Fsp3) is 0.462. The number of hydrogen-bond donors (Lipinski definition) is 1. The molecule has 1 aromatic rings. The molecule has 0 atom stereocenters. The van der Waals surface area contributed by atoms with Crippen LogP contribution >= 0.6 is 0 Å². The Labute approximate surface area is 107 Å². The maximum absolute atomic E-state index is 10.3. The van der Waals surface area contributed by atoms with Gasteiger partial charge in [0.25, 0.3) is 0 Å². The molecule has 18 heavy (non-hydrogen) atoms. The fourth-order valence-electron chi connectivity index (χ4n) is 1.86. The van der Waals surface area contributed by atoms with Crippen molar-refractivity contribution >= 4 is 12.1 Å². The maximum atomic E-state index is 10.3. The number of carbonyl (C=O) groups is 1. The van der Waals surface area contributed by atoms with Crippen LogP contribution in [0.5, 0.6) is 5.75 Å². The van der Waals surface area contributed by atoms with Gasteiger partial charge in [-0.3, -0.25) is 9.69 Å². The van der Waals surface area contributed by atoms with Crippen molar-refractivity contribution in [2.24, 2.45) is 0 Å². The molecule has 1 heterocycles. The van der Waals surface area contributed by atoms with Crippen molar-refractivity contribution in [2.45, 2.75) is 0 Å². The third kappa shape index (κ3) is 4.01. The van der Waals surface area contributed by atoms with E-state index >= 15 is 0 Å². The van der Waals surface area contributed by atoms with Gasteiger partial charge in [0.05, 0.1) is 13.2 Å². The molecule has 1 aliphatic rings. The second kappa shape index (κ2) is 6.98. The quantitative estimate of drug-likeness (QED) is 0.764. The first kappa shape index (κ1) is 12.9. The van der Waals surface area contributed by atoms with E-state index in [0.717, 1.165) is 44.3 Å². The molecule has 0 spiro atoms. The number of anilines is 1. The van der Waals surface area contributed by atoms with Crippen molar-refractivity contribution in [3.8, 4) is 5.75 Å². The van der Waals surface area contributed by atoms with Crippen LogP contribution in [0.15, 0.2) is 24.3 Å². The predicted octanol–water partition coefficient (Wildman–Crippen LogP) is 0.966. The van der Waals surface area contributed by atoms with Crippen LogP contribution in [0, 0.1) is 0 Å². The van der Waals surface area contributed by atoms with Crippen LogP contribution < -0.4 is 10.1 Å². The minimum absolute atomic E-state index is 0.643. The molecule has 2 rings (SSSR count). The summed E-state index contributed by atoms with van der Waals surface area (Å²) < 4.78 is 10.9. The summed E-state index contributed by atoms with van der Waals surface area (Å²) in [6.45, 7) is 5.09. The molecular weight excluding hydrogens is 232 g/mol. The van der Waals surface area contributed by atoms with Gasteiger partial charge in [-0.05, 0) is 12.1 Å². The van der Waals surface area contributed by atoms with Crippen molar-refractivity contribution in [2.75, 3.05) is 44.8 Å². The summed E-state index contributed by atoms with van der Waals surface area (Å²) in [5.41, 5.74) is 0.744. The van der Waals surface area contributed by atoms with E-state index < -0.39 is 0 Å². The number of amides is 1. The molecule has 1 aliphatic heterocycles. The number of rotatable bonds is 6. The number of ether oxygens (including phenoxy) is 2. The van der Waals surface area contributed by atoms with Crippen molar-refractivity contribution in [1.29, 1.82) is 0 Å². The predicted molar refractivity (Wildman–Crippen MR) is 68.9 cm³/mol. The third-order valence-corrected chi connectivity index (χ3v) is 2.84. The Morgan fingerprint density at radius 3 is 3.00 bits per heavy atom. The third-order valence-electron chi connectivity index (χ3n) is 2.84. The molecule has 1 aromatic carbocycles. The van der Waals surface area contributed by atoms with E-state index in [9.17, 15) is 4.79 Å². The Morgan fingerprint density at radius 2 is 2.22 bits per heavy atom. The molecule has 5 heteroatoms. The first-order chi connectivity index (χ1) is 8.88. The highest BCUT2D eigenvalue weighted by atomic mass is 16.5.